The van der Waals surface area contributed by atoms with E-state index in [2.05, 4.69) is 6.92 Å². The van der Waals surface area contributed by atoms with Gasteiger partial charge in [0.15, 0.2) is 0 Å². The van der Waals surface area contributed by atoms with Gasteiger partial charge >= 0.3 is 0 Å². The van der Waals surface area contributed by atoms with Gasteiger partial charge in [0.25, 0.3) is 0 Å². The Labute approximate surface area is 43.7 Å². The summed E-state index contributed by atoms with van der Waals surface area (Å²) < 4.78 is 5.22. The molecule has 0 aromatic carbocycles. The van der Waals surface area contributed by atoms with Gasteiger partial charge in [0, 0.05) is 0 Å². The molecule has 0 bridgehead atoms. The Kier molecular flexibility index (Phi) is 0.571. The van der Waals surface area contributed by atoms with Gasteiger partial charge in [0.1, 0.15) is 0 Å². The Hall–Kier alpha value is -0.0400. The van der Waals surface area contributed by atoms with Crippen LogP contribution in [0.15, 0.2) is 0 Å². The third-order valence-corrected chi connectivity index (χ3v) is 1.96. The van der Waals surface area contributed by atoms with Crippen LogP contribution < -0.4 is 0 Å². The zero-order chi connectivity index (χ0) is 4.85. The van der Waals surface area contributed by atoms with Crippen molar-refractivity contribution in [3.05, 3.63) is 0 Å². The highest BCUT2D eigenvalue weighted by Gasteiger charge is 2.45. The zero-order valence-electron chi connectivity index (χ0n) is 4.55. The molecule has 1 heterocycles. The average molecular weight is 98.1 g/mol. The predicted molar refractivity (Wildman–Crippen MR) is 27.1 cm³/mol. The van der Waals surface area contributed by atoms with E-state index < -0.39 is 0 Å². The monoisotopic (exact) mass is 98.1 g/mol. The molecule has 2 rings (SSSR count). The summed E-state index contributed by atoms with van der Waals surface area (Å²) >= 11 is 0. The SMILES string of the molecule is CC1CC2O[C@@H]2C1. The quantitative estimate of drug-likeness (QED) is 0.414. The lowest BCUT2D eigenvalue weighted by Crippen LogP contribution is -1.90. The van der Waals surface area contributed by atoms with Crippen molar-refractivity contribution in [2.75, 3.05) is 0 Å². The fourth-order valence-electron chi connectivity index (χ4n) is 1.48. The first kappa shape index (κ1) is 3.90. The van der Waals surface area contributed by atoms with E-state index in [1.165, 1.54) is 12.8 Å². The molecule has 7 heavy (non-hydrogen) atoms. The van der Waals surface area contributed by atoms with Gasteiger partial charge < -0.3 is 4.74 Å². The van der Waals surface area contributed by atoms with E-state index in [0.717, 1.165) is 5.92 Å². The van der Waals surface area contributed by atoms with Crippen LogP contribution in [-0.4, -0.2) is 12.2 Å². The molecule has 2 fully saturated rings. The van der Waals surface area contributed by atoms with E-state index in [1.54, 1.807) is 0 Å². The Morgan fingerprint density at radius 2 is 1.86 bits per heavy atom. The van der Waals surface area contributed by atoms with Gasteiger partial charge in [-0.25, -0.2) is 0 Å². The number of rotatable bonds is 0. The van der Waals surface area contributed by atoms with Crippen molar-refractivity contribution in [1.29, 1.82) is 0 Å². The number of epoxide rings is 1. The van der Waals surface area contributed by atoms with Gasteiger partial charge in [-0.15, -0.1) is 0 Å². The molecule has 1 saturated heterocycles. The van der Waals surface area contributed by atoms with Gasteiger partial charge in [0.05, 0.1) is 12.2 Å². The Balaban J connectivity index is 2.02. The maximum atomic E-state index is 5.22. The highest BCUT2D eigenvalue weighted by atomic mass is 16.6. The Bertz CT molecular complexity index is 80.2. The van der Waals surface area contributed by atoms with Gasteiger partial charge in [-0.1, -0.05) is 6.92 Å². The number of fused-ring (bicyclic) bond motifs is 1. The standard InChI is InChI=1S/C6H10O/c1-4-2-5-6(3-4)7-5/h4-6H,2-3H2,1H3/t4?,5-,6?/m1/s1. The van der Waals surface area contributed by atoms with Crippen LogP contribution in [-0.2, 0) is 4.74 Å². The Morgan fingerprint density at radius 3 is 2.14 bits per heavy atom. The first-order valence-electron chi connectivity index (χ1n) is 3.02. The topological polar surface area (TPSA) is 12.5 Å². The van der Waals surface area contributed by atoms with Crippen LogP contribution in [0.5, 0.6) is 0 Å². The van der Waals surface area contributed by atoms with Crippen LogP contribution in [0.1, 0.15) is 19.8 Å². The molecule has 0 N–H and O–H groups in total. The lowest BCUT2D eigenvalue weighted by Gasteiger charge is -1.98. The first-order chi connectivity index (χ1) is 3.36. The van der Waals surface area contributed by atoms with Crippen molar-refractivity contribution in [3.63, 3.8) is 0 Å². The van der Waals surface area contributed by atoms with Gasteiger partial charge in [-0.2, -0.15) is 0 Å². The average Bonchev–Trinajstić information content (AvgIpc) is 2.15. The van der Waals surface area contributed by atoms with Crippen molar-refractivity contribution < 1.29 is 4.74 Å². The molecule has 0 spiro atoms. The number of ether oxygens (including phenoxy) is 1. The normalized spacial score (nSPS) is 57.0. The van der Waals surface area contributed by atoms with Crippen molar-refractivity contribution in [2.45, 2.75) is 32.0 Å². The lowest BCUT2D eigenvalue weighted by molar-refractivity contribution is 0.283. The second-order valence-corrected chi connectivity index (χ2v) is 2.79. The van der Waals surface area contributed by atoms with E-state index in [-0.39, 0.29) is 0 Å². The molecule has 0 aromatic heterocycles. The minimum Gasteiger partial charge on any atom is -0.370 e. The van der Waals surface area contributed by atoms with Gasteiger partial charge in [-0.05, 0) is 18.8 Å². The molecule has 0 aromatic rings. The third kappa shape index (κ3) is 0.480. The van der Waals surface area contributed by atoms with Crippen LogP contribution in [0, 0.1) is 5.92 Å². The fraction of sp³-hybridized carbons (Fsp3) is 1.00. The van der Waals surface area contributed by atoms with E-state index in [0.29, 0.717) is 12.2 Å². The molecule has 0 amide bonds. The highest BCUT2D eigenvalue weighted by Crippen LogP contribution is 2.41. The smallest absolute Gasteiger partial charge is 0.0844 e. The maximum absolute atomic E-state index is 5.22. The zero-order valence-corrected chi connectivity index (χ0v) is 4.55. The van der Waals surface area contributed by atoms with Crippen LogP contribution in [0.25, 0.3) is 0 Å². The number of hydrogen-bond acceptors (Lipinski definition) is 1. The minimum atomic E-state index is 0.690. The molecular weight excluding hydrogens is 88.1 g/mol. The van der Waals surface area contributed by atoms with E-state index >= 15 is 0 Å². The second-order valence-electron chi connectivity index (χ2n) is 2.79. The van der Waals surface area contributed by atoms with Crippen LogP contribution >= 0.6 is 0 Å². The Morgan fingerprint density at radius 1 is 1.29 bits per heavy atom. The molecule has 3 atom stereocenters. The summed E-state index contributed by atoms with van der Waals surface area (Å²) in [6, 6.07) is 0. The molecule has 0 radical (unpaired) electrons. The molecule has 40 valence electrons. The van der Waals surface area contributed by atoms with E-state index in [4.69, 9.17) is 4.74 Å². The summed E-state index contributed by atoms with van der Waals surface area (Å²) in [6.07, 6.45) is 4.03. The molecule has 1 saturated carbocycles. The minimum absolute atomic E-state index is 0.690. The van der Waals surface area contributed by atoms with Crippen molar-refractivity contribution in [2.24, 2.45) is 5.92 Å². The number of hydrogen-bond donors (Lipinski definition) is 0. The highest BCUT2D eigenvalue weighted by molar-refractivity contribution is 4.93. The van der Waals surface area contributed by atoms with Crippen molar-refractivity contribution in [3.8, 4) is 0 Å². The summed E-state index contributed by atoms with van der Waals surface area (Å²) in [5.74, 6) is 0.948. The maximum Gasteiger partial charge on any atom is 0.0844 e. The fourth-order valence-corrected chi connectivity index (χ4v) is 1.48. The first-order valence-corrected chi connectivity index (χ1v) is 3.02. The molecule has 1 aliphatic carbocycles. The molecule has 1 heteroatoms. The second kappa shape index (κ2) is 1.03. The summed E-state index contributed by atoms with van der Waals surface area (Å²) in [4.78, 5) is 0. The molecule has 1 aliphatic heterocycles. The summed E-state index contributed by atoms with van der Waals surface area (Å²) in [6.45, 7) is 2.30. The predicted octanol–water partition coefficient (Wildman–Crippen LogP) is 1.18. The van der Waals surface area contributed by atoms with Crippen LogP contribution in [0.3, 0.4) is 0 Å². The van der Waals surface area contributed by atoms with E-state index in [9.17, 15) is 0 Å². The van der Waals surface area contributed by atoms with Crippen molar-refractivity contribution in [1.82, 2.24) is 0 Å². The molecule has 1 nitrogen and oxygen atoms in total. The van der Waals surface area contributed by atoms with Crippen LogP contribution in [0.4, 0.5) is 0 Å². The largest absolute Gasteiger partial charge is 0.370 e. The van der Waals surface area contributed by atoms with Gasteiger partial charge in [0.2, 0.25) is 0 Å². The van der Waals surface area contributed by atoms with Gasteiger partial charge in [-0.3, -0.25) is 0 Å². The summed E-state index contributed by atoms with van der Waals surface area (Å²) in [5.41, 5.74) is 0. The molecule has 2 aliphatic rings. The van der Waals surface area contributed by atoms with E-state index in [1.807, 2.05) is 0 Å². The molecular formula is C6H10O. The summed E-state index contributed by atoms with van der Waals surface area (Å²) in [5, 5.41) is 0. The van der Waals surface area contributed by atoms with Crippen molar-refractivity contribution >= 4 is 0 Å². The molecule has 2 unspecified atom stereocenters. The summed E-state index contributed by atoms with van der Waals surface area (Å²) in [7, 11) is 0. The third-order valence-electron chi connectivity index (χ3n) is 1.96. The van der Waals surface area contributed by atoms with Crippen LogP contribution in [0.2, 0.25) is 0 Å². The lowest BCUT2D eigenvalue weighted by atomic mass is 10.1.